The Labute approximate surface area is 140 Å². The van der Waals surface area contributed by atoms with Crippen molar-refractivity contribution in [2.45, 2.75) is 44.8 Å². The first-order valence-electron chi connectivity index (χ1n) is 7.80. The number of benzene rings is 1. The Hall–Kier alpha value is -1.23. The summed E-state index contributed by atoms with van der Waals surface area (Å²) >= 11 is 3.54. The van der Waals surface area contributed by atoms with Crippen molar-refractivity contribution < 1.29 is 9.53 Å². The zero-order chi connectivity index (χ0) is 16.0. The third kappa shape index (κ3) is 3.24. The van der Waals surface area contributed by atoms with Gasteiger partial charge in [-0.25, -0.2) is 4.79 Å². The van der Waals surface area contributed by atoms with Crippen LogP contribution in [0.4, 0.5) is 10.5 Å². The average Bonchev–Trinajstić information content (AvgIpc) is 3.16. The van der Waals surface area contributed by atoms with Crippen molar-refractivity contribution in [3.05, 3.63) is 28.7 Å². The van der Waals surface area contributed by atoms with E-state index in [0.29, 0.717) is 6.54 Å². The van der Waals surface area contributed by atoms with Crippen molar-refractivity contribution in [2.24, 2.45) is 0 Å². The molecule has 1 aliphatic heterocycles. The normalized spacial score (nSPS) is 20.2. The quantitative estimate of drug-likeness (QED) is 0.751. The van der Waals surface area contributed by atoms with Crippen molar-refractivity contribution in [3.8, 4) is 0 Å². The van der Waals surface area contributed by atoms with Crippen LogP contribution in [0, 0.1) is 0 Å². The van der Waals surface area contributed by atoms with Gasteiger partial charge < -0.3 is 14.5 Å². The minimum Gasteiger partial charge on any atom is -0.444 e. The van der Waals surface area contributed by atoms with E-state index in [1.54, 1.807) is 0 Å². The molecule has 4 nitrogen and oxygen atoms in total. The summed E-state index contributed by atoms with van der Waals surface area (Å²) in [5, 5.41) is 0. The Balaban J connectivity index is 1.72. The molecule has 0 bridgehead atoms. The first-order chi connectivity index (χ1) is 10.3. The van der Waals surface area contributed by atoms with Crippen LogP contribution in [0.2, 0.25) is 0 Å². The fourth-order valence-corrected chi connectivity index (χ4v) is 3.47. The highest BCUT2D eigenvalue weighted by molar-refractivity contribution is 9.10. The van der Waals surface area contributed by atoms with E-state index in [2.05, 4.69) is 39.0 Å². The maximum Gasteiger partial charge on any atom is 0.410 e. The molecule has 1 aromatic carbocycles. The number of hydrogen-bond acceptors (Lipinski definition) is 3. The monoisotopic (exact) mass is 366 g/mol. The van der Waals surface area contributed by atoms with Gasteiger partial charge in [0.25, 0.3) is 0 Å². The van der Waals surface area contributed by atoms with E-state index in [1.165, 1.54) is 5.69 Å². The topological polar surface area (TPSA) is 32.8 Å². The van der Waals surface area contributed by atoms with Crippen LogP contribution in [0.3, 0.4) is 0 Å². The zero-order valence-electron chi connectivity index (χ0n) is 13.4. The Morgan fingerprint density at radius 2 is 2.00 bits per heavy atom. The summed E-state index contributed by atoms with van der Waals surface area (Å²) in [6.45, 7) is 8.06. The SMILES string of the molecule is CC(C)(C)OC(=O)N1CCN(c2cccc(Br)c2)C2(CC2)C1. The Morgan fingerprint density at radius 3 is 2.59 bits per heavy atom. The zero-order valence-corrected chi connectivity index (χ0v) is 15.0. The molecule has 1 aromatic rings. The molecule has 0 unspecified atom stereocenters. The lowest BCUT2D eigenvalue weighted by Crippen LogP contribution is -2.57. The summed E-state index contributed by atoms with van der Waals surface area (Å²) in [6, 6.07) is 8.41. The van der Waals surface area contributed by atoms with Crippen LogP contribution in [0.5, 0.6) is 0 Å². The fourth-order valence-electron chi connectivity index (χ4n) is 3.08. The molecule has 22 heavy (non-hydrogen) atoms. The smallest absolute Gasteiger partial charge is 0.410 e. The van der Waals surface area contributed by atoms with Crippen LogP contribution in [0.25, 0.3) is 0 Å². The second-order valence-corrected chi connectivity index (χ2v) is 8.17. The predicted molar refractivity (Wildman–Crippen MR) is 91.3 cm³/mol. The van der Waals surface area contributed by atoms with Crippen molar-refractivity contribution in [1.82, 2.24) is 4.90 Å². The number of piperazine rings is 1. The number of anilines is 1. The van der Waals surface area contributed by atoms with Crippen LogP contribution in [-0.4, -0.2) is 41.8 Å². The molecule has 2 aliphatic rings. The molecule has 0 radical (unpaired) electrons. The minimum atomic E-state index is -0.435. The van der Waals surface area contributed by atoms with Gasteiger partial charge >= 0.3 is 6.09 Å². The molecule has 5 heteroatoms. The highest BCUT2D eigenvalue weighted by atomic mass is 79.9. The summed E-state index contributed by atoms with van der Waals surface area (Å²) in [7, 11) is 0. The molecule has 1 heterocycles. The van der Waals surface area contributed by atoms with E-state index in [1.807, 2.05) is 31.7 Å². The van der Waals surface area contributed by atoms with E-state index in [4.69, 9.17) is 4.74 Å². The van der Waals surface area contributed by atoms with Crippen molar-refractivity contribution in [3.63, 3.8) is 0 Å². The molecule has 120 valence electrons. The predicted octanol–water partition coefficient (Wildman–Crippen LogP) is 4.04. The van der Waals surface area contributed by atoms with Gasteiger partial charge in [0.2, 0.25) is 0 Å². The third-order valence-corrected chi connectivity index (χ3v) is 4.74. The third-order valence-electron chi connectivity index (χ3n) is 4.25. The molecule has 0 atom stereocenters. The average molecular weight is 367 g/mol. The summed E-state index contributed by atoms with van der Waals surface area (Å²) in [4.78, 5) is 16.6. The molecule has 1 aliphatic carbocycles. The number of ether oxygens (including phenoxy) is 1. The standard InChI is InChI=1S/C17H23BrN2O2/c1-16(2,3)22-15(21)19-9-10-20(17(12-19)7-8-17)14-6-4-5-13(18)11-14/h4-6,11H,7-10,12H2,1-3H3. The molecule has 3 rings (SSSR count). The summed E-state index contributed by atoms with van der Waals surface area (Å²) in [6.07, 6.45) is 2.09. The molecule has 0 N–H and O–H groups in total. The Kier molecular flexibility index (Phi) is 3.87. The molecule has 1 spiro atoms. The Morgan fingerprint density at radius 1 is 1.27 bits per heavy atom. The number of nitrogens with zero attached hydrogens (tertiary/aromatic N) is 2. The van der Waals surface area contributed by atoms with Crippen molar-refractivity contribution in [2.75, 3.05) is 24.5 Å². The Bertz CT molecular complexity index is 578. The van der Waals surface area contributed by atoms with E-state index < -0.39 is 5.60 Å². The number of carbonyl (C=O) groups excluding carboxylic acids is 1. The summed E-state index contributed by atoms with van der Waals surface area (Å²) in [5.41, 5.74) is 0.904. The lowest BCUT2D eigenvalue weighted by atomic mass is 10.1. The fraction of sp³-hybridized carbons (Fsp3) is 0.588. The van der Waals surface area contributed by atoms with E-state index in [9.17, 15) is 4.79 Å². The highest BCUT2D eigenvalue weighted by Crippen LogP contribution is 2.46. The van der Waals surface area contributed by atoms with Gasteiger partial charge in [-0.1, -0.05) is 22.0 Å². The molecule has 1 saturated heterocycles. The van der Waals surface area contributed by atoms with Crippen LogP contribution in [-0.2, 0) is 4.74 Å². The van der Waals surface area contributed by atoms with Gasteiger partial charge in [0.05, 0.1) is 5.54 Å². The number of carbonyl (C=O) groups is 1. The number of rotatable bonds is 1. The largest absolute Gasteiger partial charge is 0.444 e. The van der Waals surface area contributed by atoms with Gasteiger partial charge in [0.1, 0.15) is 5.60 Å². The van der Waals surface area contributed by atoms with E-state index in [0.717, 1.165) is 30.4 Å². The minimum absolute atomic E-state index is 0.107. The maximum atomic E-state index is 12.3. The molecule has 2 fully saturated rings. The van der Waals surface area contributed by atoms with Gasteiger partial charge in [-0.2, -0.15) is 0 Å². The molecular formula is C17H23BrN2O2. The van der Waals surface area contributed by atoms with Gasteiger partial charge in [-0.05, 0) is 51.8 Å². The van der Waals surface area contributed by atoms with Crippen LogP contribution in [0.15, 0.2) is 28.7 Å². The van der Waals surface area contributed by atoms with Gasteiger partial charge in [0.15, 0.2) is 0 Å². The number of amides is 1. The van der Waals surface area contributed by atoms with E-state index in [-0.39, 0.29) is 11.6 Å². The molecule has 1 saturated carbocycles. The lowest BCUT2D eigenvalue weighted by molar-refractivity contribution is 0.0205. The summed E-state index contributed by atoms with van der Waals surface area (Å²) < 4.78 is 6.61. The number of hydrogen-bond donors (Lipinski definition) is 0. The van der Waals surface area contributed by atoms with Crippen LogP contribution >= 0.6 is 15.9 Å². The van der Waals surface area contributed by atoms with Gasteiger partial charge in [0, 0.05) is 29.8 Å². The second kappa shape index (κ2) is 5.44. The lowest BCUT2D eigenvalue weighted by Gasteiger charge is -2.43. The molecule has 1 amide bonds. The van der Waals surface area contributed by atoms with Crippen molar-refractivity contribution >= 4 is 27.7 Å². The number of halogens is 1. The first kappa shape index (κ1) is 15.7. The summed E-state index contributed by atoms with van der Waals surface area (Å²) in [5.74, 6) is 0. The highest BCUT2D eigenvalue weighted by Gasteiger charge is 2.52. The molecule has 0 aromatic heterocycles. The van der Waals surface area contributed by atoms with Crippen molar-refractivity contribution in [1.29, 1.82) is 0 Å². The molecular weight excluding hydrogens is 344 g/mol. The van der Waals surface area contributed by atoms with Crippen LogP contribution < -0.4 is 4.90 Å². The van der Waals surface area contributed by atoms with E-state index >= 15 is 0 Å². The van der Waals surface area contributed by atoms with Crippen LogP contribution in [0.1, 0.15) is 33.6 Å². The first-order valence-corrected chi connectivity index (χ1v) is 8.60. The van der Waals surface area contributed by atoms with Gasteiger partial charge in [-0.15, -0.1) is 0 Å². The maximum absolute atomic E-state index is 12.3. The second-order valence-electron chi connectivity index (χ2n) is 7.26. The van der Waals surface area contributed by atoms with Gasteiger partial charge in [-0.3, -0.25) is 0 Å².